The molecule has 0 saturated heterocycles. The van der Waals surface area contributed by atoms with Crippen LogP contribution in [0.2, 0.25) is 0 Å². The second kappa shape index (κ2) is 3.12. The standard InChI is InChI=1S/C11H5BrO4/c12-9-3-5-7(16-9)4-8-10(11(5)14)6(13)1-2-15-8/h1-4,14H. The lowest BCUT2D eigenvalue weighted by atomic mass is 10.1. The lowest BCUT2D eigenvalue weighted by Crippen LogP contribution is -1.98. The quantitative estimate of drug-likeness (QED) is 0.688. The summed E-state index contributed by atoms with van der Waals surface area (Å²) in [6.45, 7) is 0. The number of fused-ring (bicyclic) bond motifs is 2. The van der Waals surface area contributed by atoms with Gasteiger partial charge in [-0.15, -0.1) is 0 Å². The van der Waals surface area contributed by atoms with E-state index in [1.807, 2.05) is 0 Å². The topological polar surface area (TPSA) is 63.6 Å². The van der Waals surface area contributed by atoms with Crippen molar-refractivity contribution in [3.05, 3.63) is 39.4 Å². The average molecular weight is 281 g/mol. The molecule has 0 bridgehead atoms. The van der Waals surface area contributed by atoms with Crippen molar-refractivity contribution in [2.45, 2.75) is 0 Å². The predicted molar refractivity (Wildman–Crippen MR) is 61.6 cm³/mol. The van der Waals surface area contributed by atoms with Crippen molar-refractivity contribution in [3.8, 4) is 5.75 Å². The highest BCUT2D eigenvalue weighted by atomic mass is 79.9. The van der Waals surface area contributed by atoms with E-state index < -0.39 is 0 Å². The Labute approximate surface area is 97.2 Å². The van der Waals surface area contributed by atoms with Gasteiger partial charge in [-0.25, -0.2) is 0 Å². The Bertz CT molecular complexity index is 754. The Morgan fingerprint density at radius 3 is 2.88 bits per heavy atom. The van der Waals surface area contributed by atoms with E-state index in [2.05, 4.69) is 15.9 Å². The highest BCUT2D eigenvalue weighted by Gasteiger charge is 2.14. The van der Waals surface area contributed by atoms with E-state index in [0.29, 0.717) is 21.2 Å². The Morgan fingerprint density at radius 2 is 2.06 bits per heavy atom. The van der Waals surface area contributed by atoms with Crippen LogP contribution in [0, 0.1) is 0 Å². The van der Waals surface area contributed by atoms with Crippen LogP contribution in [0.25, 0.3) is 21.9 Å². The summed E-state index contributed by atoms with van der Waals surface area (Å²) < 4.78 is 10.9. The van der Waals surface area contributed by atoms with Crippen LogP contribution < -0.4 is 5.43 Å². The smallest absolute Gasteiger partial charge is 0.196 e. The van der Waals surface area contributed by atoms with Gasteiger partial charge in [0.2, 0.25) is 0 Å². The lowest BCUT2D eigenvalue weighted by Gasteiger charge is -1.99. The fraction of sp³-hybridized carbons (Fsp3) is 0. The van der Waals surface area contributed by atoms with Gasteiger partial charge in [0.05, 0.1) is 11.6 Å². The Hall–Kier alpha value is -1.75. The van der Waals surface area contributed by atoms with Gasteiger partial charge in [-0.05, 0) is 15.9 Å². The van der Waals surface area contributed by atoms with E-state index in [4.69, 9.17) is 8.83 Å². The first kappa shape index (κ1) is 9.47. The van der Waals surface area contributed by atoms with Crippen LogP contribution in [0.15, 0.2) is 42.8 Å². The van der Waals surface area contributed by atoms with Gasteiger partial charge in [0.1, 0.15) is 22.3 Å². The molecule has 0 unspecified atom stereocenters. The summed E-state index contributed by atoms with van der Waals surface area (Å²) in [6.07, 6.45) is 1.29. The first-order valence-corrected chi connectivity index (χ1v) is 5.28. The van der Waals surface area contributed by atoms with Gasteiger partial charge in [0.15, 0.2) is 10.1 Å². The molecule has 1 N–H and O–H groups in total. The first-order chi connectivity index (χ1) is 7.66. The van der Waals surface area contributed by atoms with E-state index in [0.717, 1.165) is 0 Å². The summed E-state index contributed by atoms with van der Waals surface area (Å²) in [4.78, 5) is 11.6. The van der Waals surface area contributed by atoms with Crippen molar-refractivity contribution < 1.29 is 13.9 Å². The number of furan rings is 1. The van der Waals surface area contributed by atoms with Crippen LogP contribution in [0.1, 0.15) is 0 Å². The van der Waals surface area contributed by atoms with Crippen molar-refractivity contribution in [2.24, 2.45) is 0 Å². The van der Waals surface area contributed by atoms with Gasteiger partial charge < -0.3 is 13.9 Å². The molecular weight excluding hydrogens is 276 g/mol. The number of rotatable bonds is 0. The summed E-state index contributed by atoms with van der Waals surface area (Å²) in [5.74, 6) is -0.115. The van der Waals surface area contributed by atoms with E-state index in [1.165, 1.54) is 12.3 Å². The lowest BCUT2D eigenvalue weighted by molar-refractivity contribution is 0.485. The van der Waals surface area contributed by atoms with Crippen LogP contribution in [-0.2, 0) is 0 Å². The van der Waals surface area contributed by atoms with Crippen molar-refractivity contribution in [3.63, 3.8) is 0 Å². The third-order valence-corrected chi connectivity index (χ3v) is 2.78. The molecule has 0 spiro atoms. The molecule has 0 radical (unpaired) electrons. The van der Waals surface area contributed by atoms with Crippen molar-refractivity contribution in [1.29, 1.82) is 0 Å². The summed E-state index contributed by atoms with van der Waals surface area (Å²) >= 11 is 3.16. The van der Waals surface area contributed by atoms with Crippen LogP contribution in [-0.4, -0.2) is 5.11 Å². The minimum absolute atomic E-state index is 0.115. The summed E-state index contributed by atoms with van der Waals surface area (Å²) in [5, 5.41) is 10.6. The molecule has 4 nitrogen and oxygen atoms in total. The maximum absolute atomic E-state index is 11.6. The number of phenols is 1. The molecule has 1 aromatic carbocycles. The zero-order chi connectivity index (χ0) is 11.3. The predicted octanol–water partition coefficient (Wildman–Crippen LogP) is 3.01. The van der Waals surface area contributed by atoms with Crippen molar-refractivity contribution >= 4 is 37.9 Å². The summed E-state index contributed by atoms with van der Waals surface area (Å²) in [5.41, 5.74) is 0.489. The number of benzene rings is 1. The summed E-state index contributed by atoms with van der Waals surface area (Å²) in [7, 11) is 0. The number of halogens is 1. The van der Waals surface area contributed by atoms with Crippen molar-refractivity contribution in [1.82, 2.24) is 0 Å². The number of aromatic hydroxyl groups is 1. The minimum Gasteiger partial charge on any atom is -0.506 e. The fourth-order valence-electron chi connectivity index (χ4n) is 1.69. The van der Waals surface area contributed by atoms with E-state index in [1.54, 1.807) is 12.1 Å². The van der Waals surface area contributed by atoms with Crippen LogP contribution >= 0.6 is 15.9 Å². The number of hydrogen-bond acceptors (Lipinski definition) is 4. The van der Waals surface area contributed by atoms with E-state index in [-0.39, 0.29) is 16.6 Å². The molecule has 0 aliphatic rings. The Morgan fingerprint density at radius 1 is 1.25 bits per heavy atom. The van der Waals surface area contributed by atoms with E-state index >= 15 is 0 Å². The van der Waals surface area contributed by atoms with Gasteiger partial charge in [0, 0.05) is 18.2 Å². The normalized spacial score (nSPS) is 11.3. The molecule has 0 fully saturated rings. The first-order valence-electron chi connectivity index (χ1n) is 4.49. The highest BCUT2D eigenvalue weighted by molar-refractivity contribution is 9.10. The molecule has 3 rings (SSSR count). The largest absolute Gasteiger partial charge is 0.506 e. The SMILES string of the molecule is O=c1ccoc2cc3oc(Br)cc3c(O)c12. The molecule has 2 heterocycles. The molecule has 0 aliphatic carbocycles. The van der Waals surface area contributed by atoms with E-state index in [9.17, 15) is 9.90 Å². The van der Waals surface area contributed by atoms with Gasteiger partial charge in [-0.1, -0.05) is 0 Å². The third kappa shape index (κ3) is 1.18. The van der Waals surface area contributed by atoms with Gasteiger partial charge in [-0.2, -0.15) is 0 Å². The Balaban J connectivity index is 2.66. The molecular formula is C11H5BrO4. The molecule has 0 aliphatic heterocycles. The van der Waals surface area contributed by atoms with Crippen LogP contribution in [0.3, 0.4) is 0 Å². The Kier molecular flexibility index (Phi) is 1.85. The second-order valence-electron chi connectivity index (χ2n) is 3.35. The maximum Gasteiger partial charge on any atom is 0.196 e. The van der Waals surface area contributed by atoms with Crippen LogP contribution in [0.5, 0.6) is 5.75 Å². The number of hydrogen-bond donors (Lipinski definition) is 1. The monoisotopic (exact) mass is 280 g/mol. The van der Waals surface area contributed by atoms with Crippen LogP contribution in [0.4, 0.5) is 0 Å². The maximum atomic E-state index is 11.6. The van der Waals surface area contributed by atoms with Crippen molar-refractivity contribution in [2.75, 3.05) is 0 Å². The zero-order valence-corrected chi connectivity index (χ0v) is 9.45. The molecule has 0 saturated carbocycles. The molecule has 5 heteroatoms. The molecule has 16 heavy (non-hydrogen) atoms. The summed E-state index contributed by atoms with van der Waals surface area (Å²) in [6, 6.07) is 4.45. The minimum atomic E-state index is -0.280. The average Bonchev–Trinajstić information content (AvgIpc) is 2.59. The second-order valence-corrected chi connectivity index (χ2v) is 4.13. The third-order valence-electron chi connectivity index (χ3n) is 2.39. The molecule has 2 aromatic heterocycles. The number of phenolic OH excluding ortho intramolecular Hbond substituents is 1. The highest BCUT2D eigenvalue weighted by Crippen LogP contribution is 2.35. The van der Waals surface area contributed by atoms with Gasteiger partial charge in [-0.3, -0.25) is 4.79 Å². The van der Waals surface area contributed by atoms with Gasteiger partial charge >= 0.3 is 0 Å². The fourth-order valence-corrected chi connectivity index (χ4v) is 2.10. The molecule has 80 valence electrons. The van der Waals surface area contributed by atoms with Gasteiger partial charge in [0.25, 0.3) is 0 Å². The molecule has 0 amide bonds. The zero-order valence-electron chi connectivity index (χ0n) is 7.86. The molecule has 0 atom stereocenters. The molecule has 3 aromatic rings.